The maximum atomic E-state index is 11.3. The number of nitrogen functional groups attached to an aromatic ring is 1. The molecule has 1 amide bonds. The van der Waals surface area contributed by atoms with E-state index in [0.717, 1.165) is 10.0 Å². The molecule has 2 aromatic rings. The number of nitrogens with one attached hydrogen (secondary N) is 1. The van der Waals surface area contributed by atoms with Crippen LogP contribution in [0.3, 0.4) is 0 Å². The van der Waals surface area contributed by atoms with Gasteiger partial charge in [-0.1, -0.05) is 15.9 Å². The number of aryl methyl sites for hydroxylation is 1. The Morgan fingerprint density at radius 3 is 2.84 bits per heavy atom. The lowest BCUT2D eigenvalue weighted by Crippen LogP contribution is -2.14. The Labute approximate surface area is 118 Å². The molecule has 0 unspecified atom stereocenters. The number of halogens is 1. The van der Waals surface area contributed by atoms with Crippen LogP contribution < -0.4 is 16.8 Å². The first-order chi connectivity index (χ1) is 8.99. The van der Waals surface area contributed by atoms with E-state index < -0.39 is 5.91 Å². The number of hydrogen-bond donors (Lipinski definition) is 3. The number of carbonyl (C=O) groups is 1. The van der Waals surface area contributed by atoms with Gasteiger partial charge in [-0.3, -0.25) is 9.48 Å². The monoisotopic (exact) mass is 323 g/mol. The van der Waals surface area contributed by atoms with E-state index in [1.54, 1.807) is 36.1 Å². The van der Waals surface area contributed by atoms with Crippen LogP contribution >= 0.6 is 15.9 Å². The van der Waals surface area contributed by atoms with Crippen LogP contribution in [0.15, 0.2) is 28.9 Å². The van der Waals surface area contributed by atoms with Crippen molar-refractivity contribution in [2.24, 2.45) is 12.8 Å². The third kappa shape index (κ3) is 2.87. The SMILES string of the molecule is Cn1ncc(CNc2cc(Br)ccc2C(N)=O)c1N. The first-order valence-electron chi connectivity index (χ1n) is 5.58. The summed E-state index contributed by atoms with van der Waals surface area (Å²) in [4.78, 5) is 11.3. The van der Waals surface area contributed by atoms with Crippen LogP contribution in [0.4, 0.5) is 11.5 Å². The number of nitrogens with two attached hydrogens (primary N) is 2. The molecule has 5 N–H and O–H groups in total. The summed E-state index contributed by atoms with van der Waals surface area (Å²) >= 11 is 3.36. The molecular weight excluding hydrogens is 310 g/mol. The van der Waals surface area contributed by atoms with Gasteiger partial charge in [-0.05, 0) is 18.2 Å². The van der Waals surface area contributed by atoms with E-state index in [2.05, 4.69) is 26.3 Å². The van der Waals surface area contributed by atoms with Crippen molar-refractivity contribution in [1.82, 2.24) is 9.78 Å². The van der Waals surface area contributed by atoms with Crippen molar-refractivity contribution in [1.29, 1.82) is 0 Å². The van der Waals surface area contributed by atoms with Gasteiger partial charge in [0.1, 0.15) is 5.82 Å². The third-order valence-corrected chi connectivity index (χ3v) is 3.27. The first-order valence-corrected chi connectivity index (χ1v) is 6.38. The van der Waals surface area contributed by atoms with Gasteiger partial charge in [-0.15, -0.1) is 0 Å². The van der Waals surface area contributed by atoms with Crippen molar-refractivity contribution in [2.75, 3.05) is 11.1 Å². The lowest BCUT2D eigenvalue weighted by Gasteiger charge is -2.10. The van der Waals surface area contributed by atoms with E-state index in [1.165, 1.54) is 0 Å². The molecule has 19 heavy (non-hydrogen) atoms. The fraction of sp³-hybridized carbons (Fsp3) is 0.167. The van der Waals surface area contributed by atoms with E-state index in [4.69, 9.17) is 11.5 Å². The lowest BCUT2D eigenvalue weighted by molar-refractivity contribution is 0.100. The zero-order valence-electron chi connectivity index (χ0n) is 10.4. The Balaban J connectivity index is 2.21. The van der Waals surface area contributed by atoms with Crippen molar-refractivity contribution in [3.8, 4) is 0 Å². The van der Waals surface area contributed by atoms with E-state index in [9.17, 15) is 4.79 Å². The molecule has 0 radical (unpaired) electrons. The number of amides is 1. The molecule has 0 saturated heterocycles. The number of hydrogen-bond acceptors (Lipinski definition) is 4. The van der Waals surface area contributed by atoms with Gasteiger partial charge in [0.15, 0.2) is 0 Å². The molecular formula is C12H14BrN5O. The summed E-state index contributed by atoms with van der Waals surface area (Å²) in [5.74, 6) is 0.109. The van der Waals surface area contributed by atoms with E-state index >= 15 is 0 Å². The molecule has 0 aliphatic rings. The predicted octanol–water partition coefficient (Wildman–Crippen LogP) is 1.48. The summed E-state index contributed by atoms with van der Waals surface area (Å²) in [6.45, 7) is 0.469. The average molecular weight is 324 g/mol. The van der Waals surface area contributed by atoms with Crippen molar-refractivity contribution in [3.63, 3.8) is 0 Å². The highest BCUT2D eigenvalue weighted by Crippen LogP contribution is 2.22. The molecule has 0 spiro atoms. The fourth-order valence-electron chi connectivity index (χ4n) is 1.70. The fourth-order valence-corrected chi connectivity index (χ4v) is 2.06. The van der Waals surface area contributed by atoms with E-state index in [0.29, 0.717) is 23.6 Å². The predicted molar refractivity (Wildman–Crippen MR) is 77.6 cm³/mol. The van der Waals surface area contributed by atoms with Gasteiger partial charge >= 0.3 is 0 Å². The first kappa shape index (κ1) is 13.4. The summed E-state index contributed by atoms with van der Waals surface area (Å²) in [6, 6.07) is 5.23. The molecule has 0 aliphatic heterocycles. The highest BCUT2D eigenvalue weighted by atomic mass is 79.9. The van der Waals surface area contributed by atoms with Gasteiger partial charge in [0.2, 0.25) is 0 Å². The molecule has 100 valence electrons. The second-order valence-corrected chi connectivity index (χ2v) is 5.00. The molecule has 1 aromatic heterocycles. The topological polar surface area (TPSA) is 99.0 Å². The molecule has 0 aliphatic carbocycles. The Morgan fingerprint density at radius 2 is 2.26 bits per heavy atom. The molecule has 0 bridgehead atoms. The van der Waals surface area contributed by atoms with Crippen LogP contribution in [0.5, 0.6) is 0 Å². The normalized spacial score (nSPS) is 10.4. The zero-order valence-corrected chi connectivity index (χ0v) is 11.9. The Bertz CT molecular complexity index is 623. The number of benzene rings is 1. The van der Waals surface area contributed by atoms with Crippen LogP contribution in [0, 0.1) is 0 Å². The number of rotatable bonds is 4. The van der Waals surface area contributed by atoms with Crippen LogP contribution in [-0.2, 0) is 13.6 Å². The second kappa shape index (κ2) is 5.31. The van der Waals surface area contributed by atoms with Crippen LogP contribution in [0.25, 0.3) is 0 Å². The van der Waals surface area contributed by atoms with E-state index in [-0.39, 0.29) is 0 Å². The van der Waals surface area contributed by atoms with Gasteiger partial charge in [0.25, 0.3) is 5.91 Å². The summed E-state index contributed by atoms with van der Waals surface area (Å²) < 4.78 is 2.45. The number of carbonyl (C=O) groups excluding carboxylic acids is 1. The smallest absolute Gasteiger partial charge is 0.250 e. The van der Waals surface area contributed by atoms with E-state index in [1.807, 2.05) is 0 Å². The molecule has 7 heteroatoms. The minimum Gasteiger partial charge on any atom is -0.384 e. The molecule has 6 nitrogen and oxygen atoms in total. The summed E-state index contributed by atoms with van der Waals surface area (Å²) in [5.41, 5.74) is 13.1. The molecule has 1 aromatic carbocycles. The summed E-state index contributed by atoms with van der Waals surface area (Å²) in [5, 5.41) is 7.20. The number of anilines is 2. The Hall–Kier alpha value is -2.02. The lowest BCUT2D eigenvalue weighted by atomic mass is 10.1. The standard InChI is InChI=1S/C12H14BrN5O/c1-18-11(14)7(6-17-18)5-16-10-4-8(13)2-3-9(10)12(15)19/h2-4,6,16H,5,14H2,1H3,(H2,15,19). The maximum Gasteiger partial charge on any atom is 0.250 e. The number of primary amides is 1. The van der Waals surface area contributed by atoms with Crippen LogP contribution in [-0.4, -0.2) is 15.7 Å². The van der Waals surface area contributed by atoms with Gasteiger partial charge in [0.05, 0.1) is 11.8 Å². The van der Waals surface area contributed by atoms with Crippen molar-refractivity contribution in [3.05, 3.63) is 40.0 Å². The quantitative estimate of drug-likeness (QED) is 0.793. The van der Waals surface area contributed by atoms with Crippen molar-refractivity contribution < 1.29 is 4.79 Å². The van der Waals surface area contributed by atoms with Crippen LogP contribution in [0.1, 0.15) is 15.9 Å². The minimum atomic E-state index is -0.478. The zero-order chi connectivity index (χ0) is 14.0. The summed E-state index contributed by atoms with van der Waals surface area (Å²) in [6.07, 6.45) is 1.68. The van der Waals surface area contributed by atoms with Crippen molar-refractivity contribution >= 4 is 33.3 Å². The molecule has 0 saturated carbocycles. The average Bonchev–Trinajstić information content (AvgIpc) is 2.67. The highest BCUT2D eigenvalue weighted by molar-refractivity contribution is 9.10. The number of aromatic nitrogens is 2. The van der Waals surface area contributed by atoms with Gasteiger partial charge in [-0.25, -0.2) is 0 Å². The third-order valence-electron chi connectivity index (χ3n) is 2.78. The largest absolute Gasteiger partial charge is 0.384 e. The van der Waals surface area contributed by atoms with Crippen molar-refractivity contribution in [2.45, 2.75) is 6.54 Å². The van der Waals surface area contributed by atoms with Gasteiger partial charge < -0.3 is 16.8 Å². The van der Waals surface area contributed by atoms with Crippen LogP contribution in [0.2, 0.25) is 0 Å². The Morgan fingerprint density at radius 1 is 1.53 bits per heavy atom. The second-order valence-electron chi connectivity index (χ2n) is 4.09. The van der Waals surface area contributed by atoms with Gasteiger partial charge in [-0.2, -0.15) is 5.10 Å². The molecule has 1 heterocycles. The molecule has 2 rings (SSSR count). The molecule has 0 fully saturated rings. The van der Waals surface area contributed by atoms with Gasteiger partial charge in [0, 0.05) is 29.3 Å². The number of nitrogens with zero attached hydrogens (tertiary/aromatic N) is 2. The summed E-state index contributed by atoms with van der Waals surface area (Å²) in [7, 11) is 1.77. The maximum absolute atomic E-state index is 11.3. The minimum absolute atomic E-state index is 0.436. The Kier molecular flexibility index (Phi) is 3.75. The molecule has 0 atom stereocenters. The highest BCUT2D eigenvalue weighted by Gasteiger charge is 2.10.